The normalized spacial score (nSPS) is 20.2. The lowest BCUT2D eigenvalue weighted by Crippen LogP contribution is -2.55. The Hall–Kier alpha value is -1.06. The predicted molar refractivity (Wildman–Crippen MR) is 67.6 cm³/mol. The Labute approximate surface area is 104 Å². The molecule has 0 aromatic rings. The molecule has 4 heteroatoms. The smallest absolute Gasteiger partial charge is 0.242 e. The quantitative estimate of drug-likeness (QED) is 0.718. The van der Waals surface area contributed by atoms with E-state index in [9.17, 15) is 9.59 Å². The van der Waals surface area contributed by atoms with E-state index in [0.717, 1.165) is 12.8 Å². The molecule has 1 N–H and O–H groups in total. The van der Waals surface area contributed by atoms with Crippen LogP contribution in [0.2, 0.25) is 0 Å². The topological polar surface area (TPSA) is 49.4 Å². The lowest BCUT2D eigenvalue weighted by atomic mass is 10.1. The molecule has 17 heavy (non-hydrogen) atoms. The third kappa shape index (κ3) is 4.36. The Morgan fingerprint density at radius 3 is 2.76 bits per heavy atom. The van der Waals surface area contributed by atoms with Crippen molar-refractivity contribution in [2.24, 2.45) is 0 Å². The van der Waals surface area contributed by atoms with E-state index in [2.05, 4.69) is 12.2 Å². The van der Waals surface area contributed by atoms with Crippen molar-refractivity contribution in [1.82, 2.24) is 10.2 Å². The SMILES string of the molecule is CCCCCCCC(=O)N1CCNC(=O)C1C. The number of hydrogen-bond donors (Lipinski definition) is 1. The Bertz CT molecular complexity index is 266. The van der Waals surface area contributed by atoms with E-state index < -0.39 is 0 Å². The summed E-state index contributed by atoms with van der Waals surface area (Å²) in [7, 11) is 0. The van der Waals surface area contributed by atoms with E-state index in [1.54, 1.807) is 11.8 Å². The van der Waals surface area contributed by atoms with Gasteiger partial charge in [0.15, 0.2) is 0 Å². The van der Waals surface area contributed by atoms with E-state index in [1.165, 1.54) is 19.3 Å². The molecule has 1 rings (SSSR count). The highest BCUT2D eigenvalue weighted by atomic mass is 16.2. The van der Waals surface area contributed by atoms with E-state index in [0.29, 0.717) is 19.5 Å². The van der Waals surface area contributed by atoms with Crippen molar-refractivity contribution < 1.29 is 9.59 Å². The number of nitrogens with one attached hydrogen (secondary N) is 1. The van der Waals surface area contributed by atoms with E-state index >= 15 is 0 Å². The molecule has 0 spiro atoms. The first-order chi connectivity index (χ1) is 8.16. The van der Waals surface area contributed by atoms with Gasteiger partial charge in [-0.2, -0.15) is 0 Å². The van der Waals surface area contributed by atoms with Crippen LogP contribution in [0, 0.1) is 0 Å². The minimum atomic E-state index is -0.299. The number of carbonyl (C=O) groups is 2. The molecule has 1 aliphatic heterocycles. The summed E-state index contributed by atoms with van der Waals surface area (Å²) in [4.78, 5) is 25.1. The van der Waals surface area contributed by atoms with Gasteiger partial charge in [0.05, 0.1) is 0 Å². The van der Waals surface area contributed by atoms with Gasteiger partial charge in [-0.25, -0.2) is 0 Å². The van der Waals surface area contributed by atoms with Crippen LogP contribution in [-0.2, 0) is 9.59 Å². The summed E-state index contributed by atoms with van der Waals surface area (Å²) in [6.07, 6.45) is 6.33. The molecule has 98 valence electrons. The number of nitrogens with zero attached hydrogens (tertiary/aromatic N) is 1. The summed E-state index contributed by atoms with van der Waals surface area (Å²) in [5, 5.41) is 2.77. The van der Waals surface area contributed by atoms with Crippen molar-refractivity contribution in [3.63, 3.8) is 0 Å². The highest BCUT2D eigenvalue weighted by Crippen LogP contribution is 2.10. The van der Waals surface area contributed by atoms with Gasteiger partial charge >= 0.3 is 0 Å². The Morgan fingerprint density at radius 1 is 1.35 bits per heavy atom. The van der Waals surface area contributed by atoms with Crippen LogP contribution in [0.25, 0.3) is 0 Å². The van der Waals surface area contributed by atoms with Crippen molar-refractivity contribution in [1.29, 1.82) is 0 Å². The molecule has 1 saturated heterocycles. The van der Waals surface area contributed by atoms with E-state index in [1.807, 2.05) is 0 Å². The highest BCUT2D eigenvalue weighted by Gasteiger charge is 2.28. The van der Waals surface area contributed by atoms with Crippen LogP contribution in [0.15, 0.2) is 0 Å². The Balaban J connectivity index is 2.24. The van der Waals surface area contributed by atoms with Crippen LogP contribution in [0.3, 0.4) is 0 Å². The van der Waals surface area contributed by atoms with Gasteiger partial charge in [-0.05, 0) is 13.3 Å². The minimum absolute atomic E-state index is 0.0319. The molecule has 1 fully saturated rings. The average molecular weight is 240 g/mol. The van der Waals surface area contributed by atoms with Crippen LogP contribution in [0.4, 0.5) is 0 Å². The van der Waals surface area contributed by atoms with E-state index in [4.69, 9.17) is 0 Å². The van der Waals surface area contributed by atoms with Crippen molar-refractivity contribution >= 4 is 11.8 Å². The summed E-state index contributed by atoms with van der Waals surface area (Å²) in [6, 6.07) is -0.299. The third-order valence-electron chi connectivity index (χ3n) is 3.31. The second-order valence-electron chi connectivity index (χ2n) is 4.72. The molecule has 1 heterocycles. The number of amides is 2. The van der Waals surface area contributed by atoms with Gasteiger partial charge in [0.25, 0.3) is 0 Å². The number of piperazine rings is 1. The molecule has 1 unspecified atom stereocenters. The summed E-state index contributed by atoms with van der Waals surface area (Å²) in [6.45, 7) is 5.22. The van der Waals surface area contributed by atoms with Gasteiger partial charge in [-0.15, -0.1) is 0 Å². The average Bonchev–Trinajstić information content (AvgIpc) is 2.32. The highest BCUT2D eigenvalue weighted by molar-refractivity contribution is 5.88. The Kier molecular flexibility index (Phi) is 6.01. The Morgan fingerprint density at radius 2 is 2.06 bits per heavy atom. The molecule has 0 radical (unpaired) electrons. The zero-order valence-corrected chi connectivity index (χ0v) is 11.0. The van der Waals surface area contributed by atoms with Gasteiger partial charge in [-0.1, -0.05) is 32.6 Å². The molecule has 0 aromatic heterocycles. The minimum Gasteiger partial charge on any atom is -0.353 e. The zero-order valence-electron chi connectivity index (χ0n) is 11.0. The molecule has 0 saturated carbocycles. The first-order valence-corrected chi connectivity index (χ1v) is 6.74. The second kappa shape index (κ2) is 7.30. The first-order valence-electron chi connectivity index (χ1n) is 6.74. The zero-order chi connectivity index (χ0) is 12.7. The lowest BCUT2D eigenvalue weighted by Gasteiger charge is -2.32. The standard InChI is InChI=1S/C13H24N2O2/c1-3-4-5-6-7-8-12(16)15-10-9-14-13(17)11(15)2/h11H,3-10H2,1-2H3,(H,14,17). The molecular formula is C13H24N2O2. The van der Waals surface area contributed by atoms with E-state index in [-0.39, 0.29) is 17.9 Å². The summed E-state index contributed by atoms with van der Waals surface area (Å²) >= 11 is 0. The van der Waals surface area contributed by atoms with Crippen molar-refractivity contribution in [2.45, 2.75) is 58.4 Å². The fraction of sp³-hybridized carbons (Fsp3) is 0.846. The summed E-state index contributed by atoms with van der Waals surface area (Å²) in [5.74, 6) is 0.0967. The summed E-state index contributed by atoms with van der Waals surface area (Å²) < 4.78 is 0. The van der Waals surface area contributed by atoms with Gasteiger partial charge in [0, 0.05) is 19.5 Å². The second-order valence-corrected chi connectivity index (χ2v) is 4.72. The van der Waals surface area contributed by atoms with Gasteiger partial charge < -0.3 is 10.2 Å². The fourth-order valence-electron chi connectivity index (χ4n) is 2.15. The summed E-state index contributed by atoms with van der Waals surface area (Å²) in [5.41, 5.74) is 0. The maximum Gasteiger partial charge on any atom is 0.242 e. The molecule has 0 bridgehead atoms. The lowest BCUT2D eigenvalue weighted by molar-refractivity contribution is -0.142. The van der Waals surface area contributed by atoms with Crippen molar-refractivity contribution in [2.75, 3.05) is 13.1 Å². The number of unbranched alkanes of at least 4 members (excludes halogenated alkanes) is 4. The fourth-order valence-corrected chi connectivity index (χ4v) is 2.15. The van der Waals surface area contributed by atoms with Crippen LogP contribution in [-0.4, -0.2) is 35.8 Å². The van der Waals surface area contributed by atoms with Gasteiger partial charge in [0.1, 0.15) is 6.04 Å². The van der Waals surface area contributed by atoms with Crippen LogP contribution >= 0.6 is 0 Å². The van der Waals surface area contributed by atoms with Crippen LogP contribution < -0.4 is 5.32 Å². The maximum atomic E-state index is 11.9. The maximum absolute atomic E-state index is 11.9. The molecule has 4 nitrogen and oxygen atoms in total. The molecule has 2 amide bonds. The first kappa shape index (κ1) is 14.0. The van der Waals surface area contributed by atoms with Crippen LogP contribution in [0.5, 0.6) is 0 Å². The number of carbonyl (C=O) groups excluding carboxylic acids is 2. The molecule has 0 aliphatic carbocycles. The third-order valence-corrected chi connectivity index (χ3v) is 3.31. The van der Waals surface area contributed by atoms with Gasteiger partial charge in [-0.3, -0.25) is 9.59 Å². The molecule has 1 atom stereocenters. The van der Waals surface area contributed by atoms with Crippen molar-refractivity contribution in [3.05, 3.63) is 0 Å². The monoisotopic (exact) mass is 240 g/mol. The van der Waals surface area contributed by atoms with Gasteiger partial charge in [0.2, 0.25) is 11.8 Å². The van der Waals surface area contributed by atoms with Crippen molar-refractivity contribution in [3.8, 4) is 0 Å². The number of hydrogen-bond acceptors (Lipinski definition) is 2. The predicted octanol–water partition coefficient (Wildman–Crippen LogP) is 1.69. The number of rotatable bonds is 6. The molecular weight excluding hydrogens is 216 g/mol. The molecule has 1 aliphatic rings. The largest absolute Gasteiger partial charge is 0.353 e. The van der Waals surface area contributed by atoms with Crippen LogP contribution in [0.1, 0.15) is 52.4 Å². The molecule has 0 aromatic carbocycles.